The number of benzene rings is 1. The lowest BCUT2D eigenvalue weighted by Gasteiger charge is -2.28. The summed E-state index contributed by atoms with van der Waals surface area (Å²) in [5.41, 5.74) is 0.0958. The van der Waals surface area contributed by atoms with Crippen LogP contribution in [0.2, 0.25) is 0 Å². The zero-order chi connectivity index (χ0) is 18.6. The molecule has 2 aliphatic rings. The van der Waals surface area contributed by atoms with Crippen molar-refractivity contribution in [3.05, 3.63) is 29.8 Å². The highest BCUT2D eigenvalue weighted by Crippen LogP contribution is 2.25. The maximum atomic E-state index is 12.9. The van der Waals surface area contributed by atoms with Crippen molar-refractivity contribution in [2.45, 2.75) is 43.4 Å². The topological polar surface area (TPSA) is 77.9 Å². The van der Waals surface area contributed by atoms with Gasteiger partial charge in [-0.05, 0) is 56.0 Å². The SMILES string of the molecule is O=C(O)c1ccc(S(=O)(=O)N2CCCN(CC3CCCCC3)CC2)cc1. The maximum absolute atomic E-state index is 12.9. The third kappa shape index (κ3) is 4.64. The van der Waals surface area contributed by atoms with E-state index in [1.54, 1.807) is 4.31 Å². The van der Waals surface area contributed by atoms with Gasteiger partial charge in [0.2, 0.25) is 10.0 Å². The van der Waals surface area contributed by atoms with Crippen LogP contribution in [0.4, 0.5) is 0 Å². The molecule has 1 saturated heterocycles. The Hall–Kier alpha value is -1.44. The summed E-state index contributed by atoms with van der Waals surface area (Å²) < 4.78 is 27.3. The van der Waals surface area contributed by atoms with E-state index < -0.39 is 16.0 Å². The highest BCUT2D eigenvalue weighted by Gasteiger charge is 2.28. The van der Waals surface area contributed by atoms with Gasteiger partial charge >= 0.3 is 5.97 Å². The normalized spacial score (nSPS) is 21.4. The minimum absolute atomic E-state index is 0.0958. The van der Waals surface area contributed by atoms with Gasteiger partial charge in [-0.1, -0.05) is 19.3 Å². The Kier molecular flexibility index (Phi) is 6.32. The van der Waals surface area contributed by atoms with E-state index in [4.69, 9.17) is 5.11 Å². The Balaban J connectivity index is 1.62. The molecule has 7 heteroatoms. The van der Waals surface area contributed by atoms with Gasteiger partial charge in [-0.2, -0.15) is 4.31 Å². The number of sulfonamides is 1. The second kappa shape index (κ2) is 8.50. The van der Waals surface area contributed by atoms with E-state index in [1.807, 2.05) is 0 Å². The van der Waals surface area contributed by atoms with Crippen molar-refractivity contribution in [3.8, 4) is 0 Å². The molecule has 2 fully saturated rings. The molecule has 0 amide bonds. The summed E-state index contributed by atoms with van der Waals surface area (Å²) in [6.45, 7) is 3.81. The van der Waals surface area contributed by atoms with E-state index in [1.165, 1.54) is 56.4 Å². The summed E-state index contributed by atoms with van der Waals surface area (Å²) in [4.78, 5) is 13.5. The molecule has 1 heterocycles. The predicted molar refractivity (Wildman–Crippen MR) is 99.8 cm³/mol. The lowest BCUT2D eigenvalue weighted by Crippen LogP contribution is -2.36. The Morgan fingerprint density at radius 3 is 2.31 bits per heavy atom. The summed E-state index contributed by atoms with van der Waals surface area (Å²) in [6, 6.07) is 5.48. The first-order valence-electron chi connectivity index (χ1n) is 9.53. The highest BCUT2D eigenvalue weighted by atomic mass is 32.2. The molecule has 6 nitrogen and oxygen atoms in total. The first-order valence-corrected chi connectivity index (χ1v) is 11.0. The molecule has 1 aromatic carbocycles. The van der Waals surface area contributed by atoms with Crippen LogP contribution >= 0.6 is 0 Å². The van der Waals surface area contributed by atoms with Crippen LogP contribution in [0.3, 0.4) is 0 Å². The highest BCUT2D eigenvalue weighted by molar-refractivity contribution is 7.89. The molecule has 1 aromatic rings. The lowest BCUT2D eigenvalue weighted by molar-refractivity contribution is 0.0696. The summed E-state index contributed by atoms with van der Waals surface area (Å²) in [6.07, 6.45) is 7.43. The first-order chi connectivity index (χ1) is 12.5. The molecule has 1 aliphatic carbocycles. The molecule has 1 aliphatic heterocycles. The molecule has 3 rings (SSSR count). The van der Waals surface area contributed by atoms with Crippen LogP contribution < -0.4 is 0 Å². The quantitative estimate of drug-likeness (QED) is 0.850. The van der Waals surface area contributed by atoms with Gasteiger partial charge in [0.25, 0.3) is 0 Å². The van der Waals surface area contributed by atoms with Gasteiger partial charge in [-0.3, -0.25) is 0 Å². The maximum Gasteiger partial charge on any atom is 0.335 e. The number of hydrogen-bond acceptors (Lipinski definition) is 4. The Morgan fingerprint density at radius 1 is 0.962 bits per heavy atom. The van der Waals surface area contributed by atoms with Crippen LogP contribution in [0.1, 0.15) is 48.9 Å². The van der Waals surface area contributed by atoms with E-state index in [-0.39, 0.29) is 10.5 Å². The van der Waals surface area contributed by atoms with E-state index in [2.05, 4.69) is 4.90 Å². The predicted octanol–water partition coefficient (Wildman–Crippen LogP) is 2.66. The van der Waals surface area contributed by atoms with Crippen LogP contribution in [-0.2, 0) is 10.0 Å². The van der Waals surface area contributed by atoms with Gasteiger partial charge in [-0.15, -0.1) is 0 Å². The number of nitrogens with zero attached hydrogens (tertiary/aromatic N) is 2. The van der Waals surface area contributed by atoms with Crippen molar-refractivity contribution in [1.29, 1.82) is 0 Å². The fourth-order valence-electron chi connectivity index (χ4n) is 4.02. The van der Waals surface area contributed by atoms with Crippen molar-refractivity contribution in [2.75, 3.05) is 32.7 Å². The van der Waals surface area contributed by atoms with Crippen LogP contribution in [-0.4, -0.2) is 61.4 Å². The first kappa shape index (κ1) is 19.3. The Bertz CT molecular complexity index is 712. The van der Waals surface area contributed by atoms with Gasteiger partial charge < -0.3 is 10.0 Å². The molecular weight excluding hydrogens is 352 g/mol. The summed E-state index contributed by atoms with van der Waals surface area (Å²) in [7, 11) is -3.57. The average molecular weight is 381 g/mol. The van der Waals surface area contributed by atoms with Gasteiger partial charge in [0.05, 0.1) is 10.5 Å². The van der Waals surface area contributed by atoms with E-state index in [0.717, 1.165) is 32.0 Å². The molecule has 144 valence electrons. The van der Waals surface area contributed by atoms with Crippen LogP contribution in [0, 0.1) is 5.92 Å². The molecule has 0 spiro atoms. The van der Waals surface area contributed by atoms with Gasteiger partial charge in [-0.25, -0.2) is 13.2 Å². The molecule has 26 heavy (non-hydrogen) atoms. The van der Waals surface area contributed by atoms with Crippen molar-refractivity contribution in [3.63, 3.8) is 0 Å². The van der Waals surface area contributed by atoms with Crippen molar-refractivity contribution < 1.29 is 18.3 Å². The molecule has 1 N–H and O–H groups in total. The number of carbonyl (C=O) groups is 1. The van der Waals surface area contributed by atoms with Gasteiger partial charge in [0, 0.05) is 26.2 Å². The molecule has 0 aromatic heterocycles. The smallest absolute Gasteiger partial charge is 0.335 e. The summed E-state index contributed by atoms with van der Waals surface area (Å²) in [5.74, 6) is -0.294. The monoisotopic (exact) mass is 380 g/mol. The second-order valence-electron chi connectivity index (χ2n) is 7.39. The third-order valence-electron chi connectivity index (χ3n) is 5.53. The summed E-state index contributed by atoms with van der Waals surface area (Å²) in [5, 5.41) is 8.96. The standard InChI is InChI=1S/C19H28N2O4S/c22-19(23)17-7-9-18(10-8-17)26(24,25)21-12-4-11-20(13-14-21)15-16-5-2-1-3-6-16/h7-10,16H,1-6,11-15H2,(H,22,23). The number of rotatable bonds is 5. The van der Waals surface area contributed by atoms with Crippen molar-refractivity contribution in [1.82, 2.24) is 9.21 Å². The van der Waals surface area contributed by atoms with Crippen LogP contribution in [0.5, 0.6) is 0 Å². The zero-order valence-corrected chi connectivity index (χ0v) is 16.0. The number of hydrogen-bond donors (Lipinski definition) is 1. The van der Waals surface area contributed by atoms with Gasteiger partial charge in [0.15, 0.2) is 0 Å². The third-order valence-corrected chi connectivity index (χ3v) is 7.44. The Labute approximate surface area is 155 Å². The molecular formula is C19H28N2O4S. The molecule has 0 unspecified atom stereocenters. The number of carboxylic acid groups (broad SMARTS) is 1. The fraction of sp³-hybridized carbons (Fsp3) is 0.632. The average Bonchev–Trinajstić information content (AvgIpc) is 2.89. The molecule has 0 atom stereocenters. The zero-order valence-electron chi connectivity index (χ0n) is 15.1. The Morgan fingerprint density at radius 2 is 1.65 bits per heavy atom. The second-order valence-corrected chi connectivity index (χ2v) is 9.33. The molecule has 0 radical (unpaired) electrons. The van der Waals surface area contributed by atoms with E-state index in [0.29, 0.717) is 13.1 Å². The largest absolute Gasteiger partial charge is 0.478 e. The van der Waals surface area contributed by atoms with Crippen molar-refractivity contribution >= 4 is 16.0 Å². The van der Waals surface area contributed by atoms with E-state index >= 15 is 0 Å². The molecule has 0 bridgehead atoms. The number of carboxylic acids is 1. The van der Waals surface area contributed by atoms with Gasteiger partial charge in [0.1, 0.15) is 0 Å². The van der Waals surface area contributed by atoms with E-state index in [9.17, 15) is 13.2 Å². The van der Waals surface area contributed by atoms with Crippen LogP contribution in [0.15, 0.2) is 29.2 Å². The minimum Gasteiger partial charge on any atom is -0.478 e. The molecule has 1 saturated carbocycles. The summed E-state index contributed by atoms with van der Waals surface area (Å²) >= 11 is 0. The van der Waals surface area contributed by atoms with Crippen molar-refractivity contribution in [2.24, 2.45) is 5.92 Å². The van der Waals surface area contributed by atoms with Crippen LogP contribution in [0.25, 0.3) is 0 Å². The minimum atomic E-state index is -3.57. The lowest BCUT2D eigenvalue weighted by atomic mass is 9.89. The fourth-order valence-corrected chi connectivity index (χ4v) is 5.49. The number of aromatic carboxylic acids is 1.